The Bertz CT molecular complexity index is 440. The highest BCUT2D eigenvalue weighted by Gasteiger charge is 2.22. The number of hydrogen-bond acceptors (Lipinski definition) is 4. The second kappa shape index (κ2) is 5.33. The molecule has 1 aliphatic carbocycles. The van der Waals surface area contributed by atoms with Crippen molar-refractivity contribution in [3.05, 3.63) is 27.9 Å². The van der Waals surface area contributed by atoms with Crippen LogP contribution in [0.15, 0.2) is 12.1 Å². The van der Waals surface area contributed by atoms with Crippen LogP contribution in [-0.4, -0.2) is 15.9 Å². The van der Waals surface area contributed by atoms with Gasteiger partial charge in [-0.25, -0.2) is 4.98 Å². The van der Waals surface area contributed by atoms with E-state index in [-0.39, 0.29) is 10.6 Å². The Balaban J connectivity index is 2.12. The number of nitro groups is 1. The summed E-state index contributed by atoms with van der Waals surface area (Å²) >= 11 is 0. The molecular formula is C13H19N3O2. The zero-order valence-corrected chi connectivity index (χ0v) is 10.8. The Morgan fingerprint density at radius 3 is 2.61 bits per heavy atom. The van der Waals surface area contributed by atoms with E-state index in [2.05, 4.69) is 17.2 Å². The first-order valence-electron chi connectivity index (χ1n) is 6.45. The molecule has 5 heteroatoms. The van der Waals surface area contributed by atoms with Crippen molar-refractivity contribution in [2.24, 2.45) is 5.92 Å². The summed E-state index contributed by atoms with van der Waals surface area (Å²) in [6, 6.07) is 3.51. The van der Waals surface area contributed by atoms with Crippen LogP contribution in [-0.2, 0) is 0 Å². The molecule has 0 bridgehead atoms. The Kier molecular flexibility index (Phi) is 3.79. The fourth-order valence-electron chi connectivity index (χ4n) is 2.40. The van der Waals surface area contributed by atoms with Crippen LogP contribution < -0.4 is 5.32 Å². The predicted octanol–water partition coefficient (Wildman–Crippen LogP) is 3.29. The van der Waals surface area contributed by atoms with Crippen molar-refractivity contribution in [1.82, 2.24) is 4.98 Å². The van der Waals surface area contributed by atoms with Gasteiger partial charge in [0.05, 0.1) is 4.92 Å². The van der Waals surface area contributed by atoms with E-state index < -0.39 is 0 Å². The SMILES string of the molecule is Cc1ccc([N+](=O)[O-])c(NC2CCC(C)CC2)n1. The lowest BCUT2D eigenvalue weighted by molar-refractivity contribution is -0.384. The first kappa shape index (κ1) is 12.8. The molecule has 0 unspecified atom stereocenters. The second-order valence-corrected chi connectivity index (χ2v) is 5.18. The van der Waals surface area contributed by atoms with Crippen LogP contribution in [0, 0.1) is 23.0 Å². The highest BCUT2D eigenvalue weighted by atomic mass is 16.6. The Morgan fingerprint density at radius 1 is 1.33 bits per heavy atom. The standard InChI is InChI=1S/C13H19N3O2/c1-9-3-6-11(7-4-9)15-13-12(16(17)18)8-5-10(2)14-13/h5,8-9,11H,3-4,6-7H2,1-2H3,(H,14,15). The van der Waals surface area contributed by atoms with Crippen molar-refractivity contribution in [2.75, 3.05) is 5.32 Å². The van der Waals surface area contributed by atoms with Crippen molar-refractivity contribution < 1.29 is 4.92 Å². The lowest BCUT2D eigenvalue weighted by Gasteiger charge is -2.27. The van der Waals surface area contributed by atoms with Gasteiger partial charge in [-0.1, -0.05) is 6.92 Å². The minimum Gasteiger partial charge on any atom is -0.362 e. The average Bonchev–Trinajstić information content (AvgIpc) is 2.32. The molecule has 0 amide bonds. The highest BCUT2D eigenvalue weighted by Crippen LogP contribution is 2.29. The lowest BCUT2D eigenvalue weighted by atomic mass is 9.87. The molecule has 5 nitrogen and oxygen atoms in total. The summed E-state index contributed by atoms with van der Waals surface area (Å²) in [5, 5.41) is 14.2. The van der Waals surface area contributed by atoms with E-state index >= 15 is 0 Å². The molecule has 1 heterocycles. The van der Waals surface area contributed by atoms with Gasteiger partial charge in [0.2, 0.25) is 5.82 Å². The van der Waals surface area contributed by atoms with Crippen LogP contribution in [0.1, 0.15) is 38.3 Å². The molecule has 0 aliphatic heterocycles. The van der Waals surface area contributed by atoms with Gasteiger partial charge in [-0.2, -0.15) is 0 Å². The van der Waals surface area contributed by atoms with Gasteiger partial charge in [0.15, 0.2) is 0 Å². The van der Waals surface area contributed by atoms with Crippen LogP contribution >= 0.6 is 0 Å². The molecule has 18 heavy (non-hydrogen) atoms. The summed E-state index contributed by atoms with van der Waals surface area (Å²) in [6.07, 6.45) is 4.48. The molecule has 0 radical (unpaired) electrons. The molecule has 0 saturated heterocycles. The van der Waals surface area contributed by atoms with E-state index in [1.54, 1.807) is 6.07 Å². The number of aryl methyl sites for hydroxylation is 1. The van der Waals surface area contributed by atoms with E-state index in [1.807, 2.05) is 6.92 Å². The molecule has 1 saturated carbocycles. The molecule has 98 valence electrons. The minimum absolute atomic E-state index is 0.0687. The second-order valence-electron chi connectivity index (χ2n) is 5.18. The number of aromatic nitrogens is 1. The first-order chi connectivity index (χ1) is 8.56. The molecule has 0 atom stereocenters. The van der Waals surface area contributed by atoms with Crippen molar-refractivity contribution in [3.63, 3.8) is 0 Å². The van der Waals surface area contributed by atoms with Gasteiger partial charge in [0, 0.05) is 17.8 Å². The summed E-state index contributed by atoms with van der Waals surface area (Å²) in [4.78, 5) is 14.8. The van der Waals surface area contributed by atoms with Gasteiger partial charge >= 0.3 is 5.69 Å². The minimum atomic E-state index is -0.375. The third-order valence-corrected chi connectivity index (χ3v) is 3.57. The highest BCUT2D eigenvalue weighted by molar-refractivity contribution is 5.56. The Labute approximate surface area is 107 Å². The number of hydrogen-bond donors (Lipinski definition) is 1. The number of anilines is 1. The quantitative estimate of drug-likeness (QED) is 0.659. The fourth-order valence-corrected chi connectivity index (χ4v) is 2.40. The Morgan fingerprint density at radius 2 is 2.00 bits per heavy atom. The van der Waals surface area contributed by atoms with Crippen LogP contribution in [0.5, 0.6) is 0 Å². The maximum Gasteiger partial charge on any atom is 0.311 e. The molecule has 1 aliphatic rings. The van der Waals surface area contributed by atoms with Gasteiger partial charge in [-0.05, 0) is 44.6 Å². The summed E-state index contributed by atoms with van der Waals surface area (Å²) in [5.41, 5.74) is 0.867. The number of pyridine rings is 1. The van der Waals surface area contributed by atoms with E-state index in [0.29, 0.717) is 11.9 Å². The average molecular weight is 249 g/mol. The predicted molar refractivity (Wildman–Crippen MR) is 70.7 cm³/mol. The van der Waals surface area contributed by atoms with Gasteiger partial charge < -0.3 is 5.32 Å². The van der Waals surface area contributed by atoms with Crippen molar-refractivity contribution >= 4 is 11.5 Å². The topological polar surface area (TPSA) is 68.1 Å². The van der Waals surface area contributed by atoms with E-state index in [1.165, 1.54) is 18.9 Å². The van der Waals surface area contributed by atoms with Crippen molar-refractivity contribution in [3.8, 4) is 0 Å². The molecule has 1 fully saturated rings. The molecule has 2 rings (SSSR count). The summed E-state index contributed by atoms with van der Waals surface area (Å²) in [5.74, 6) is 1.18. The van der Waals surface area contributed by atoms with Gasteiger partial charge in [0.25, 0.3) is 0 Å². The largest absolute Gasteiger partial charge is 0.362 e. The summed E-state index contributed by atoms with van der Waals surface area (Å²) < 4.78 is 0. The summed E-state index contributed by atoms with van der Waals surface area (Å²) in [6.45, 7) is 4.10. The van der Waals surface area contributed by atoms with Crippen LogP contribution in [0.2, 0.25) is 0 Å². The maximum absolute atomic E-state index is 11.0. The Hall–Kier alpha value is -1.65. The fraction of sp³-hybridized carbons (Fsp3) is 0.615. The lowest BCUT2D eigenvalue weighted by Crippen LogP contribution is -2.26. The monoisotopic (exact) mass is 249 g/mol. The van der Waals surface area contributed by atoms with Crippen LogP contribution in [0.3, 0.4) is 0 Å². The number of nitrogens with one attached hydrogen (secondary N) is 1. The molecule has 1 aromatic heterocycles. The third kappa shape index (κ3) is 2.97. The zero-order chi connectivity index (χ0) is 13.1. The first-order valence-corrected chi connectivity index (χ1v) is 6.45. The van der Waals surface area contributed by atoms with Crippen LogP contribution in [0.4, 0.5) is 11.5 Å². The molecule has 1 aromatic rings. The van der Waals surface area contributed by atoms with E-state index in [4.69, 9.17) is 0 Å². The molecule has 0 spiro atoms. The zero-order valence-electron chi connectivity index (χ0n) is 10.8. The third-order valence-electron chi connectivity index (χ3n) is 3.57. The van der Waals surface area contributed by atoms with E-state index in [0.717, 1.165) is 24.5 Å². The normalized spacial score (nSPS) is 23.7. The van der Waals surface area contributed by atoms with Crippen LogP contribution in [0.25, 0.3) is 0 Å². The number of nitrogens with zero attached hydrogens (tertiary/aromatic N) is 2. The van der Waals surface area contributed by atoms with Gasteiger partial charge in [0.1, 0.15) is 0 Å². The summed E-state index contributed by atoms with van der Waals surface area (Å²) in [7, 11) is 0. The van der Waals surface area contributed by atoms with Gasteiger partial charge in [-0.15, -0.1) is 0 Å². The van der Waals surface area contributed by atoms with Gasteiger partial charge in [-0.3, -0.25) is 10.1 Å². The molecule has 1 N–H and O–H groups in total. The van der Waals surface area contributed by atoms with Crippen molar-refractivity contribution in [2.45, 2.75) is 45.6 Å². The van der Waals surface area contributed by atoms with E-state index in [9.17, 15) is 10.1 Å². The molecular weight excluding hydrogens is 230 g/mol. The smallest absolute Gasteiger partial charge is 0.311 e. The molecule has 0 aromatic carbocycles. The van der Waals surface area contributed by atoms with Crippen molar-refractivity contribution in [1.29, 1.82) is 0 Å². The maximum atomic E-state index is 11.0. The number of rotatable bonds is 3.